The Labute approximate surface area is 94.0 Å². The van der Waals surface area contributed by atoms with Crippen molar-refractivity contribution < 1.29 is 13.5 Å². The molecule has 0 bridgehead atoms. The first-order valence-corrected chi connectivity index (χ1v) is 7.00. The number of nitrogens with one attached hydrogen (secondary N) is 1. The van der Waals surface area contributed by atoms with Crippen molar-refractivity contribution in [1.82, 2.24) is 4.72 Å². The van der Waals surface area contributed by atoms with Crippen LogP contribution < -0.4 is 4.72 Å². The van der Waals surface area contributed by atoms with Gasteiger partial charge in [-0.15, -0.1) is 11.3 Å². The van der Waals surface area contributed by atoms with Crippen molar-refractivity contribution in [1.29, 1.82) is 0 Å². The van der Waals surface area contributed by atoms with E-state index in [2.05, 4.69) is 4.72 Å². The predicted octanol–water partition coefficient (Wildman–Crippen LogP) is 1.17. The van der Waals surface area contributed by atoms with E-state index in [1.54, 1.807) is 5.38 Å². The lowest BCUT2D eigenvalue weighted by molar-refractivity contribution is 0.282. The zero-order valence-corrected chi connectivity index (χ0v) is 10.4. The third-order valence-corrected chi connectivity index (χ3v) is 4.36. The number of hydrogen-bond donors (Lipinski definition) is 2. The molecule has 1 aromatic rings. The molecule has 15 heavy (non-hydrogen) atoms. The van der Waals surface area contributed by atoms with Crippen LogP contribution in [0.25, 0.3) is 0 Å². The van der Waals surface area contributed by atoms with Crippen LogP contribution in [0.3, 0.4) is 0 Å². The summed E-state index contributed by atoms with van der Waals surface area (Å²) in [5.74, 6) is 0.260. The van der Waals surface area contributed by atoms with E-state index >= 15 is 0 Å². The maximum absolute atomic E-state index is 11.8. The van der Waals surface area contributed by atoms with E-state index in [0.29, 0.717) is 11.4 Å². The van der Waals surface area contributed by atoms with Gasteiger partial charge in [-0.3, -0.25) is 0 Å². The van der Waals surface area contributed by atoms with Crippen LogP contribution in [0.4, 0.5) is 0 Å². The van der Waals surface area contributed by atoms with E-state index in [0.717, 1.165) is 0 Å². The fourth-order valence-electron chi connectivity index (χ4n) is 1.04. The lowest BCUT2D eigenvalue weighted by Gasteiger charge is -2.08. The highest BCUT2D eigenvalue weighted by Gasteiger charge is 2.18. The molecule has 6 heteroatoms. The van der Waals surface area contributed by atoms with Gasteiger partial charge in [0.05, 0.1) is 11.5 Å². The van der Waals surface area contributed by atoms with Gasteiger partial charge in [0, 0.05) is 11.4 Å². The monoisotopic (exact) mass is 249 g/mol. The van der Waals surface area contributed by atoms with Crippen LogP contribution in [0.5, 0.6) is 0 Å². The van der Waals surface area contributed by atoms with Crippen LogP contribution in [0, 0.1) is 5.92 Å². The van der Waals surface area contributed by atoms with E-state index in [1.807, 2.05) is 13.8 Å². The molecule has 0 aromatic carbocycles. The molecular formula is C9H15NO3S2. The summed E-state index contributed by atoms with van der Waals surface area (Å²) in [7, 11) is -3.45. The number of sulfonamides is 1. The van der Waals surface area contributed by atoms with Gasteiger partial charge in [-0.05, 0) is 17.4 Å². The molecule has 0 saturated heterocycles. The molecule has 1 heterocycles. The van der Waals surface area contributed by atoms with Crippen LogP contribution >= 0.6 is 11.3 Å². The second-order valence-corrected chi connectivity index (χ2v) is 6.35. The Morgan fingerprint density at radius 1 is 1.53 bits per heavy atom. The summed E-state index contributed by atoms with van der Waals surface area (Å²) < 4.78 is 26.0. The zero-order chi connectivity index (χ0) is 11.5. The van der Waals surface area contributed by atoms with Crippen molar-refractivity contribution in [3.63, 3.8) is 0 Å². The molecule has 0 atom stereocenters. The molecule has 0 radical (unpaired) electrons. The van der Waals surface area contributed by atoms with E-state index in [-0.39, 0.29) is 17.4 Å². The quantitative estimate of drug-likeness (QED) is 0.823. The number of hydrogen-bond acceptors (Lipinski definition) is 4. The van der Waals surface area contributed by atoms with Crippen LogP contribution in [-0.4, -0.2) is 20.1 Å². The first kappa shape index (κ1) is 12.6. The first-order valence-electron chi connectivity index (χ1n) is 4.64. The van der Waals surface area contributed by atoms with Gasteiger partial charge in [-0.25, -0.2) is 13.1 Å². The third kappa shape index (κ3) is 3.27. The van der Waals surface area contributed by atoms with E-state index in [1.165, 1.54) is 17.4 Å². The van der Waals surface area contributed by atoms with Gasteiger partial charge in [0.2, 0.25) is 10.0 Å². The highest BCUT2D eigenvalue weighted by molar-refractivity contribution is 7.89. The minimum Gasteiger partial charge on any atom is -0.391 e. The molecule has 2 N–H and O–H groups in total. The Balaban J connectivity index is 2.86. The first-order chi connectivity index (χ1) is 6.97. The number of rotatable bonds is 5. The van der Waals surface area contributed by atoms with Gasteiger partial charge in [0.1, 0.15) is 0 Å². The number of aliphatic hydroxyl groups excluding tert-OH is 1. The highest BCUT2D eigenvalue weighted by atomic mass is 32.2. The predicted molar refractivity (Wildman–Crippen MR) is 60.3 cm³/mol. The topological polar surface area (TPSA) is 66.4 Å². The summed E-state index contributed by atoms with van der Waals surface area (Å²) in [6.45, 7) is 4.03. The summed E-state index contributed by atoms with van der Waals surface area (Å²) in [5.41, 5.74) is 0. The lowest BCUT2D eigenvalue weighted by Crippen LogP contribution is -2.27. The van der Waals surface area contributed by atoms with Crippen molar-refractivity contribution in [3.05, 3.63) is 16.3 Å². The molecular weight excluding hydrogens is 234 g/mol. The molecule has 0 amide bonds. The fourth-order valence-corrected chi connectivity index (χ4v) is 3.54. The summed E-state index contributed by atoms with van der Waals surface area (Å²) in [5, 5.41) is 10.6. The molecule has 1 rings (SSSR count). The molecule has 86 valence electrons. The Hall–Kier alpha value is -0.430. The second-order valence-electron chi connectivity index (χ2n) is 3.61. The Kier molecular flexibility index (Phi) is 4.27. The fraction of sp³-hybridized carbons (Fsp3) is 0.556. The van der Waals surface area contributed by atoms with Crippen LogP contribution in [0.15, 0.2) is 16.3 Å². The van der Waals surface area contributed by atoms with Crippen LogP contribution in [0.1, 0.15) is 18.7 Å². The van der Waals surface area contributed by atoms with Gasteiger partial charge in [-0.1, -0.05) is 13.8 Å². The minimum absolute atomic E-state index is 0.190. The van der Waals surface area contributed by atoms with Gasteiger partial charge >= 0.3 is 0 Å². The summed E-state index contributed by atoms with van der Waals surface area (Å²) in [6.07, 6.45) is 0. The number of thiophene rings is 1. The van der Waals surface area contributed by atoms with Crippen LogP contribution in [0.2, 0.25) is 0 Å². The SMILES string of the molecule is CC(C)CNS(=O)(=O)c1ccsc1CO. The van der Waals surface area contributed by atoms with E-state index in [4.69, 9.17) is 5.11 Å². The molecule has 0 unspecified atom stereocenters. The summed E-state index contributed by atoms with van der Waals surface area (Å²) in [6, 6.07) is 1.51. The molecule has 4 nitrogen and oxygen atoms in total. The lowest BCUT2D eigenvalue weighted by atomic mass is 10.2. The van der Waals surface area contributed by atoms with Crippen molar-refractivity contribution >= 4 is 21.4 Å². The van der Waals surface area contributed by atoms with Gasteiger partial charge < -0.3 is 5.11 Å². The summed E-state index contributed by atoms with van der Waals surface area (Å²) in [4.78, 5) is 0.668. The molecule has 0 saturated carbocycles. The van der Waals surface area contributed by atoms with Crippen molar-refractivity contribution in [2.75, 3.05) is 6.54 Å². The van der Waals surface area contributed by atoms with Gasteiger partial charge in [0.15, 0.2) is 0 Å². The van der Waals surface area contributed by atoms with Crippen molar-refractivity contribution in [3.8, 4) is 0 Å². The van der Waals surface area contributed by atoms with Crippen molar-refractivity contribution in [2.45, 2.75) is 25.3 Å². The molecule has 1 aromatic heterocycles. The highest BCUT2D eigenvalue weighted by Crippen LogP contribution is 2.21. The smallest absolute Gasteiger partial charge is 0.241 e. The Morgan fingerprint density at radius 3 is 2.73 bits per heavy atom. The maximum atomic E-state index is 11.8. The Morgan fingerprint density at radius 2 is 2.20 bits per heavy atom. The maximum Gasteiger partial charge on any atom is 0.241 e. The Bertz CT molecular complexity index is 409. The van der Waals surface area contributed by atoms with E-state index in [9.17, 15) is 8.42 Å². The van der Waals surface area contributed by atoms with Gasteiger partial charge in [-0.2, -0.15) is 0 Å². The second kappa shape index (κ2) is 5.07. The zero-order valence-electron chi connectivity index (χ0n) is 8.73. The molecule has 0 aliphatic heterocycles. The largest absolute Gasteiger partial charge is 0.391 e. The van der Waals surface area contributed by atoms with Crippen molar-refractivity contribution in [2.24, 2.45) is 5.92 Å². The molecule has 0 aliphatic carbocycles. The third-order valence-electron chi connectivity index (χ3n) is 1.82. The number of aliphatic hydroxyl groups is 1. The molecule has 0 fully saturated rings. The van der Waals surface area contributed by atoms with Crippen LogP contribution in [-0.2, 0) is 16.6 Å². The van der Waals surface area contributed by atoms with E-state index < -0.39 is 10.0 Å². The standard InChI is InChI=1S/C9H15NO3S2/c1-7(2)5-10-15(12,13)9-3-4-14-8(9)6-11/h3-4,7,10-11H,5-6H2,1-2H3. The average Bonchev–Trinajstić information content (AvgIpc) is 2.63. The molecule has 0 aliphatic rings. The summed E-state index contributed by atoms with van der Waals surface area (Å²) >= 11 is 1.24. The normalized spacial score (nSPS) is 12.3. The average molecular weight is 249 g/mol. The molecule has 0 spiro atoms. The minimum atomic E-state index is -3.45. The van der Waals surface area contributed by atoms with Gasteiger partial charge in [0.25, 0.3) is 0 Å².